The molecule has 2 saturated heterocycles. The Labute approximate surface area is 150 Å². The molecule has 2 aliphatic rings. The molecule has 6 nitrogen and oxygen atoms in total. The highest BCUT2D eigenvalue weighted by atomic mass is 16.5. The monoisotopic (exact) mass is 346 g/mol. The van der Waals surface area contributed by atoms with Crippen molar-refractivity contribution in [3.8, 4) is 5.75 Å². The van der Waals surface area contributed by atoms with Gasteiger partial charge in [0.05, 0.1) is 18.7 Å². The Morgan fingerprint density at radius 3 is 2.56 bits per heavy atom. The fourth-order valence-electron chi connectivity index (χ4n) is 3.88. The third-order valence-electron chi connectivity index (χ3n) is 5.35. The van der Waals surface area contributed by atoms with Gasteiger partial charge in [0.1, 0.15) is 12.0 Å². The number of para-hydroxylation sites is 2. The predicted molar refractivity (Wildman–Crippen MR) is 99.7 cm³/mol. The number of nitrogens with zero attached hydrogens (tertiary/aromatic N) is 2. The summed E-state index contributed by atoms with van der Waals surface area (Å²) in [6.07, 6.45) is 1.91. The molecule has 1 aromatic rings. The normalized spacial score (nSPS) is 27.9. The summed E-state index contributed by atoms with van der Waals surface area (Å²) >= 11 is 0. The van der Waals surface area contributed by atoms with Crippen LogP contribution < -0.4 is 20.3 Å². The zero-order valence-corrected chi connectivity index (χ0v) is 15.5. The van der Waals surface area contributed by atoms with Crippen LogP contribution in [0.25, 0.3) is 0 Å². The quantitative estimate of drug-likeness (QED) is 0.849. The number of nitrogens with one attached hydrogen (secondary N) is 2. The minimum atomic E-state index is -0.0598. The Kier molecular flexibility index (Phi) is 5.81. The Morgan fingerprint density at radius 1 is 1.20 bits per heavy atom. The smallest absolute Gasteiger partial charge is 0.226 e. The molecule has 0 bridgehead atoms. The van der Waals surface area contributed by atoms with Gasteiger partial charge in [-0.15, -0.1) is 0 Å². The molecule has 3 unspecified atom stereocenters. The lowest BCUT2D eigenvalue weighted by atomic mass is 9.93. The van der Waals surface area contributed by atoms with Crippen LogP contribution in [0.3, 0.4) is 0 Å². The fourth-order valence-corrected chi connectivity index (χ4v) is 3.88. The summed E-state index contributed by atoms with van der Waals surface area (Å²) in [5.41, 5.74) is 1.14. The minimum absolute atomic E-state index is 0.0598. The molecule has 2 N–H and O–H groups in total. The van der Waals surface area contributed by atoms with E-state index in [1.54, 1.807) is 7.11 Å². The molecule has 0 radical (unpaired) electrons. The van der Waals surface area contributed by atoms with E-state index in [0.29, 0.717) is 0 Å². The van der Waals surface area contributed by atoms with Gasteiger partial charge in [-0.2, -0.15) is 0 Å². The Hall–Kier alpha value is -1.79. The maximum Gasteiger partial charge on any atom is 0.226 e. The summed E-state index contributed by atoms with van der Waals surface area (Å²) in [6, 6.07) is 8.36. The van der Waals surface area contributed by atoms with E-state index in [0.717, 1.165) is 50.5 Å². The van der Waals surface area contributed by atoms with Crippen molar-refractivity contribution < 1.29 is 9.53 Å². The Balaban J connectivity index is 1.58. The van der Waals surface area contributed by atoms with Gasteiger partial charge in [0.25, 0.3) is 0 Å². The molecule has 2 fully saturated rings. The number of benzene rings is 1. The lowest BCUT2D eigenvalue weighted by Crippen LogP contribution is -2.68. The van der Waals surface area contributed by atoms with Crippen molar-refractivity contribution >= 4 is 11.6 Å². The van der Waals surface area contributed by atoms with E-state index in [2.05, 4.69) is 40.3 Å². The molecule has 25 heavy (non-hydrogen) atoms. The van der Waals surface area contributed by atoms with E-state index < -0.39 is 0 Å². The first-order chi connectivity index (χ1) is 12.1. The van der Waals surface area contributed by atoms with E-state index in [1.165, 1.54) is 0 Å². The summed E-state index contributed by atoms with van der Waals surface area (Å²) in [4.78, 5) is 17.1. The molecule has 0 saturated carbocycles. The number of methoxy groups -OCH3 is 1. The largest absolute Gasteiger partial charge is 0.495 e. The van der Waals surface area contributed by atoms with Crippen molar-refractivity contribution in [1.82, 2.24) is 15.5 Å². The predicted octanol–water partition coefficient (Wildman–Crippen LogP) is 1.62. The fraction of sp³-hybridized carbons (Fsp3) is 0.632. The number of ether oxygens (including phenoxy) is 1. The second kappa shape index (κ2) is 8.06. The average molecular weight is 346 g/mol. The number of piperazine rings is 1. The Bertz CT molecular complexity index is 587. The zero-order chi connectivity index (χ0) is 17.8. The zero-order valence-electron chi connectivity index (χ0n) is 15.5. The molecule has 1 amide bonds. The van der Waals surface area contributed by atoms with E-state index >= 15 is 0 Å². The van der Waals surface area contributed by atoms with Crippen molar-refractivity contribution in [2.75, 3.05) is 38.2 Å². The van der Waals surface area contributed by atoms with E-state index in [1.807, 2.05) is 18.2 Å². The lowest BCUT2D eigenvalue weighted by Gasteiger charge is -2.45. The van der Waals surface area contributed by atoms with Gasteiger partial charge in [0.2, 0.25) is 5.91 Å². The van der Waals surface area contributed by atoms with Crippen molar-refractivity contribution in [3.05, 3.63) is 24.3 Å². The average Bonchev–Trinajstić information content (AvgIpc) is 2.64. The van der Waals surface area contributed by atoms with Gasteiger partial charge in [-0.1, -0.05) is 25.5 Å². The van der Waals surface area contributed by atoms with Crippen molar-refractivity contribution in [1.29, 1.82) is 0 Å². The van der Waals surface area contributed by atoms with Crippen molar-refractivity contribution in [3.63, 3.8) is 0 Å². The molecule has 3 rings (SSSR count). The van der Waals surface area contributed by atoms with Gasteiger partial charge in [-0.3, -0.25) is 15.0 Å². The highest BCUT2D eigenvalue weighted by Crippen LogP contribution is 2.28. The summed E-state index contributed by atoms with van der Waals surface area (Å²) in [5, 5.41) is 6.74. The van der Waals surface area contributed by atoms with Crippen LogP contribution >= 0.6 is 0 Å². The molecule has 1 aromatic carbocycles. The van der Waals surface area contributed by atoms with Gasteiger partial charge < -0.3 is 15.0 Å². The van der Waals surface area contributed by atoms with Crippen molar-refractivity contribution in [2.24, 2.45) is 5.92 Å². The van der Waals surface area contributed by atoms with E-state index in [-0.39, 0.29) is 24.2 Å². The summed E-state index contributed by atoms with van der Waals surface area (Å²) in [5.74, 6) is 1.18. The lowest BCUT2D eigenvalue weighted by molar-refractivity contribution is -0.132. The Morgan fingerprint density at radius 2 is 1.92 bits per heavy atom. The highest BCUT2D eigenvalue weighted by Gasteiger charge is 2.36. The van der Waals surface area contributed by atoms with Crippen LogP contribution in [0.2, 0.25) is 0 Å². The first-order valence-electron chi connectivity index (χ1n) is 9.32. The van der Waals surface area contributed by atoms with Crippen LogP contribution in [0.4, 0.5) is 5.69 Å². The number of carbonyl (C=O) groups is 1. The van der Waals surface area contributed by atoms with Gasteiger partial charge in [0.15, 0.2) is 0 Å². The van der Waals surface area contributed by atoms with Crippen LogP contribution in [0, 0.1) is 5.92 Å². The molecule has 0 aliphatic carbocycles. The second-order valence-electron chi connectivity index (χ2n) is 6.96. The van der Waals surface area contributed by atoms with Crippen LogP contribution in [-0.4, -0.2) is 56.4 Å². The van der Waals surface area contributed by atoms with E-state index in [4.69, 9.17) is 4.74 Å². The van der Waals surface area contributed by atoms with Gasteiger partial charge >= 0.3 is 0 Å². The third kappa shape index (κ3) is 3.90. The molecular weight excluding hydrogens is 316 g/mol. The maximum atomic E-state index is 12.4. The van der Waals surface area contributed by atoms with Crippen molar-refractivity contribution in [2.45, 2.75) is 39.0 Å². The summed E-state index contributed by atoms with van der Waals surface area (Å²) < 4.78 is 5.48. The molecule has 3 atom stereocenters. The minimum Gasteiger partial charge on any atom is -0.495 e. The summed E-state index contributed by atoms with van der Waals surface area (Å²) in [7, 11) is 1.71. The van der Waals surface area contributed by atoms with Gasteiger partial charge in [0, 0.05) is 32.2 Å². The summed E-state index contributed by atoms with van der Waals surface area (Å²) in [6.45, 7) is 7.89. The first-order valence-corrected chi connectivity index (χ1v) is 9.32. The number of hydrogen-bond acceptors (Lipinski definition) is 5. The topological polar surface area (TPSA) is 56.8 Å². The first kappa shape index (κ1) is 18.0. The van der Waals surface area contributed by atoms with E-state index in [9.17, 15) is 4.79 Å². The second-order valence-corrected chi connectivity index (χ2v) is 6.96. The van der Waals surface area contributed by atoms with Crippen LogP contribution in [0.5, 0.6) is 5.75 Å². The molecule has 2 heterocycles. The van der Waals surface area contributed by atoms with Crippen LogP contribution in [0.1, 0.15) is 26.7 Å². The molecule has 6 heteroatoms. The number of amides is 1. The maximum absolute atomic E-state index is 12.4. The molecule has 138 valence electrons. The van der Waals surface area contributed by atoms with Crippen LogP contribution in [-0.2, 0) is 4.79 Å². The molecule has 0 aromatic heterocycles. The molecular formula is C19H30N4O2. The number of anilines is 1. The molecule has 0 spiro atoms. The number of rotatable bonds is 5. The molecule has 2 aliphatic heterocycles. The van der Waals surface area contributed by atoms with Crippen LogP contribution in [0.15, 0.2) is 24.3 Å². The standard InChI is InChI=1S/C19H30N4O2/c1-4-7-15-14(2)20-19(21-18(15)24)23-12-10-22(11-13-23)16-8-5-6-9-17(16)25-3/h5-6,8-9,14-15,19-20H,4,7,10-13H2,1-3H3,(H,21,24). The number of carbonyl (C=O) groups excluding carboxylic acids is 1. The SMILES string of the molecule is CCCC1C(=O)NC(N2CCN(c3ccccc3OC)CC2)NC1C. The third-order valence-corrected chi connectivity index (χ3v) is 5.35. The van der Waals surface area contributed by atoms with Gasteiger partial charge in [-0.05, 0) is 25.5 Å². The van der Waals surface area contributed by atoms with Gasteiger partial charge in [-0.25, -0.2) is 0 Å². The number of hydrogen-bond donors (Lipinski definition) is 2. The highest BCUT2D eigenvalue weighted by molar-refractivity contribution is 5.80.